The highest BCUT2D eigenvalue weighted by Gasteiger charge is 2.23. The lowest BCUT2D eigenvalue weighted by atomic mass is 9.96. The lowest BCUT2D eigenvalue weighted by Gasteiger charge is -2.20. The quantitative estimate of drug-likeness (QED) is 0.703. The van der Waals surface area contributed by atoms with Crippen LogP contribution in [0.25, 0.3) is 0 Å². The number of nitriles is 1. The summed E-state index contributed by atoms with van der Waals surface area (Å²) in [5.74, 6) is 0.0837. The van der Waals surface area contributed by atoms with Gasteiger partial charge in [-0.1, -0.05) is 19.3 Å². The fraction of sp³-hybridized carbons (Fsp3) is 0.833. The van der Waals surface area contributed by atoms with Crippen molar-refractivity contribution < 1.29 is 4.79 Å². The SMILES string of the molecule is CCNC(=O)CNC1CCCCCC1C#N. The van der Waals surface area contributed by atoms with Crippen molar-refractivity contribution in [3.05, 3.63) is 0 Å². The molecule has 0 aromatic rings. The molecule has 0 saturated heterocycles. The molecule has 4 heteroatoms. The molecule has 1 amide bonds. The molecular weight excluding hydrogens is 202 g/mol. The molecule has 1 aliphatic carbocycles. The van der Waals surface area contributed by atoms with Crippen LogP contribution in [-0.2, 0) is 4.79 Å². The minimum absolute atomic E-state index is 0.0171. The van der Waals surface area contributed by atoms with Crippen molar-refractivity contribution in [3.8, 4) is 6.07 Å². The summed E-state index contributed by atoms with van der Waals surface area (Å²) < 4.78 is 0. The second-order valence-corrected chi connectivity index (χ2v) is 4.31. The van der Waals surface area contributed by atoms with Gasteiger partial charge >= 0.3 is 0 Å². The molecule has 0 bridgehead atoms. The van der Waals surface area contributed by atoms with Crippen LogP contribution in [0.5, 0.6) is 0 Å². The summed E-state index contributed by atoms with van der Waals surface area (Å²) in [7, 11) is 0. The monoisotopic (exact) mass is 223 g/mol. The van der Waals surface area contributed by atoms with Crippen molar-refractivity contribution in [1.29, 1.82) is 5.26 Å². The van der Waals surface area contributed by atoms with E-state index in [1.807, 2.05) is 6.92 Å². The van der Waals surface area contributed by atoms with Gasteiger partial charge in [0.15, 0.2) is 0 Å². The largest absolute Gasteiger partial charge is 0.355 e. The smallest absolute Gasteiger partial charge is 0.233 e. The molecule has 0 aliphatic heterocycles. The molecule has 90 valence electrons. The number of carbonyl (C=O) groups excluding carboxylic acids is 1. The Balaban J connectivity index is 2.37. The second-order valence-electron chi connectivity index (χ2n) is 4.31. The molecule has 2 unspecified atom stereocenters. The Morgan fingerprint density at radius 2 is 2.12 bits per heavy atom. The maximum Gasteiger partial charge on any atom is 0.233 e. The van der Waals surface area contributed by atoms with Gasteiger partial charge in [-0.15, -0.1) is 0 Å². The van der Waals surface area contributed by atoms with Gasteiger partial charge in [0.25, 0.3) is 0 Å². The maximum atomic E-state index is 11.3. The van der Waals surface area contributed by atoms with Gasteiger partial charge in [-0.05, 0) is 19.8 Å². The second kappa shape index (κ2) is 7.24. The van der Waals surface area contributed by atoms with Gasteiger partial charge in [0.05, 0.1) is 18.5 Å². The first-order chi connectivity index (χ1) is 7.77. The van der Waals surface area contributed by atoms with Crippen LogP contribution in [0.3, 0.4) is 0 Å². The molecule has 2 atom stereocenters. The van der Waals surface area contributed by atoms with Gasteiger partial charge in [0, 0.05) is 12.6 Å². The lowest BCUT2D eigenvalue weighted by molar-refractivity contribution is -0.120. The number of rotatable bonds is 4. The summed E-state index contributed by atoms with van der Waals surface area (Å²) in [4.78, 5) is 11.3. The van der Waals surface area contributed by atoms with Crippen LogP contribution in [-0.4, -0.2) is 25.0 Å². The highest BCUT2D eigenvalue weighted by atomic mass is 16.1. The molecule has 0 radical (unpaired) electrons. The molecular formula is C12H21N3O. The van der Waals surface area contributed by atoms with Crippen molar-refractivity contribution in [2.24, 2.45) is 5.92 Å². The molecule has 16 heavy (non-hydrogen) atoms. The van der Waals surface area contributed by atoms with Gasteiger partial charge in [-0.2, -0.15) is 5.26 Å². The minimum atomic E-state index is 0.0171. The zero-order valence-electron chi connectivity index (χ0n) is 9.96. The third kappa shape index (κ3) is 4.19. The van der Waals surface area contributed by atoms with E-state index in [1.165, 1.54) is 6.42 Å². The van der Waals surface area contributed by atoms with E-state index in [0.29, 0.717) is 13.1 Å². The Morgan fingerprint density at radius 3 is 2.81 bits per heavy atom. The number of likely N-dealkylation sites (N-methyl/N-ethyl adjacent to an activating group) is 1. The molecule has 1 rings (SSSR count). The lowest BCUT2D eigenvalue weighted by Crippen LogP contribution is -2.42. The van der Waals surface area contributed by atoms with Crippen LogP contribution in [0.15, 0.2) is 0 Å². The summed E-state index contributed by atoms with van der Waals surface area (Å²) in [6.45, 7) is 2.89. The summed E-state index contributed by atoms with van der Waals surface area (Å²) in [6, 6.07) is 2.55. The Hall–Kier alpha value is -1.08. The van der Waals surface area contributed by atoms with Crippen molar-refractivity contribution >= 4 is 5.91 Å². The van der Waals surface area contributed by atoms with E-state index >= 15 is 0 Å². The number of carbonyl (C=O) groups is 1. The van der Waals surface area contributed by atoms with Gasteiger partial charge in [-0.25, -0.2) is 0 Å². The number of nitrogens with zero attached hydrogens (tertiary/aromatic N) is 1. The van der Waals surface area contributed by atoms with E-state index in [2.05, 4.69) is 16.7 Å². The molecule has 2 N–H and O–H groups in total. The van der Waals surface area contributed by atoms with Gasteiger partial charge < -0.3 is 10.6 Å². The van der Waals surface area contributed by atoms with Crippen LogP contribution in [0, 0.1) is 17.2 Å². The Bertz CT molecular complexity index is 259. The Kier molecular flexibility index (Phi) is 5.87. The third-order valence-electron chi connectivity index (χ3n) is 3.08. The molecule has 1 aliphatic rings. The summed E-state index contributed by atoms with van der Waals surface area (Å²) in [6.07, 6.45) is 5.47. The fourth-order valence-electron chi connectivity index (χ4n) is 2.19. The van der Waals surface area contributed by atoms with E-state index in [0.717, 1.165) is 25.7 Å². The van der Waals surface area contributed by atoms with Crippen LogP contribution in [0.1, 0.15) is 39.0 Å². The first-order valence-corrected chi connectivity index (χ1v) is 6.17. The first kappa shape index (κ1) is 13.0. The highest BCUT2D eigenvalue weighted by Crippen LogP contribution is 2.22. The number of hydrogen-bond donors (Lipinski definition) is 2. The first-order valence-electron chi connectivity index (χ1n) is 6.17. The zero-order chi connectivity index (χ0) is 11.8. The summed E-state index contributed by atoms with van der Waals surface area (Å²) in [5, 5.41) is 15.0. The average Bonchev–Trinajstić information content (AvgIpc) is 2.51. The number of nitrogens with one attached hydrogen (secondary N) is 2. The van der Waals surface area contributed by atoms with E-state index < -0.39 is 0 Å². The topological polar surface area (TPSA) is 64.9 Å². The van der Waals surface area contributed by atoms with Gasteiger partial charge in [0.1, 0.15) is 0 Å². The van der Waals surface area contributed by atoms with Gasteiger partial charge in [0.2, 0.25) is 5.91 Å². The normalized spacial score (nSPS) is 25.5. The minimum Gasteiger partial charge on any atom is -0.355 e. The average molecular weight is 223 g/mol. The van der Waals surface area contributed by atoms with Crippen LogP contribution >= 0.6 is 0 Å². The van der Waals surface area contributed by atoms with E-state index in [9.17, 15) is 4.79 Å². The molecule has 0 heterocycles. The predicted octanol–water partition coefficient (Wildman–Crippen LogP) is 1.18. The summed E-state index contributed by atoms with van der Waals surface area (Å²) in [5.41, 5.74) is 0. The number of amides is 1. The molecule has 1 fully saturated rings. The van der Waals surface area contributed by atoms with E-state index in [1.54, 1.807) is 0 Å². The Labute approximate surface area is 97.4 Å². The fourth-order valence-corrected chi connectivity index (χ4v) is 2.19. The van der Waals surface area contributed by atoms with Crippen molar-refractivity contribution in [2.75, 3.05) is 13.1 Å². The molecule has 0 spiro atoms. The zero-order valence-corrected chi connectivity index (χ0v) is 9.96. The predicted molar refractivity (Wildman–Crippen MR) is 62.7 cm³/mol. The van der Waals surface area contributed by atoms with Crippen molar-refractivity contribution in [2.45, 2.75) is 45.1 Å². The van der Waals surface area contributed by atoms with Gasteiger partial charge in [-0.3, -0.25) is 4.79 Å². The van der Waals surface area contributed by atoms with Crippen LogP contribution < -0.4 is 10.6 Å². The van der Waals surface area contributed by atoms with Crippen LogP contribution in [0.2, 0.25) is 0 Å². The molecule has 4 nitrogen and oxygen atoms in total. The van der Waals surface area contributed by atoms with Crippen molar-refractivity contribution in [3.63, 3.8) is 0 Å². The maximum absolute atomic E-state index is 11.3. The molecule has 1 saturated carbocycles. The molecule has 0 aromatic carbocycles. The highest BCUT2D eigenvalue weighted by molar-refractivity contribution is 5.77. The number of hydrogen-bond acceptors (Lipinski definition) is 3. The van der Waals surface area contributed by atoms with E-state index in [-0.39, 0.29) is 17.9 Å². The van der Waals surface area contributed by atoms with E-state index in [4.69, 9.17) is 5.26 Å². The Morgan fingerprint density at radius 1 is 1.38 bits per heavy atom. The standard InChI is InChI=1S/C12H21N3O/c1-2-14-12(16)9-15-11-7-5-3-4-6-10(11)8-13/h10-11,15H,2-7,9H2,1H3,(H,14,16). The van der Waals surface area contributed by atoms with Crippen LogP contribution in [0.4, 0.5) is 0 Å². The molecule has 0 aromatic heterocycles. The summed E-state index contributed by atoms with van der Waals surface area (Å²) >= 11 is 0. The van der Waals surface area contributed by atoms with Crippen molar-refractivity contribution in [1.82, 2.24) is 10.6 Å². The third-order valence-corrected chi connectivity index (χ3v) is 3.08.